The van der Waals surface area contributed by atoms with Crippen molar-refractivity contribution in [2.45, 2.75) is 46.2 Å². The molecule has 0 saturated carbocycles. The molecule has 0 radical (unpaired) electrons. The molecule has 0 aliphatic carbocycles. The van der Waals surface area contributed by atoms with Crippen molar-refractivity contribution < 1.29 is 4.52 Å². The quantitative estimate of drug-likeness (QED) is 0.859. The average Bonchev–Trinajstić information content (AvgIpc) is 3.11. The Kier molecular flexibility index (Phi) is 3.61. The van der Waals surface area contributed by atoms with Gasteiger partial charge in [-0.2, -0.15) is 5.10 Å². The van der Waals surface area contributed by atoms with Gasteiger partial charge < -0.3 is 4.52 Å². The fourth-order valence-electron chi connectivity index (χ4n) is 2.99. The van der Waals surface area contributed by atoms with Crippen LogP contribution in [0.15, 0.2) is 16.7 Å². The minimum absolute atomic E-state index is 0.484. The van der Waals surface area contributed by atoms with Gasteiger partial charge in [0, 0.05) is 24.8 Å². The van der Waals surface area contributed by atoms with Gasteiger partial charge in [0.1, 0.15) is 0 Å². The molecule has 0 aromatic carbocycles. The topological polar surface area (TPSA) is 47.1 Å². The van der Waals surface area contributed by atoms with Crippen molar-refractivity contribution in [3.8, 4) is 0 Å². The molecule has 0 spiro atoms. The summed E-state index contributed by atoms with van der Waals surface area (Å²) in [5, 5.41) is 8.66. The monoisotopic (exact) mass is 274 g/mol. The highest BCUT2D eigenvalue weighted by molar-refractivity contribution is 5.09. The molecule has 0 N–H and O–H groups in total. The molecule has 5 nitrogen and oxygen atoms in total. The van der Waals surface area contributed by atoms with E-state index < -0.39 is 0 Å². The maximum absolute atomic E-state index is 5.37. The second-order valence-electron chi connectivity index (χ2n) is 5.69. The molecule has 0 unspecified atom stereocenters. The molecule has 0 bridgehead atoms. The van der Waals surface area contributed by atoms with Crippen molar-refractivity contribution in [2.24, 2.45) is 0 Å². The lowest BCUT2D eigenvalue weighted by molar-refractivity contribution is 0.263. The predicted molar refractivity (Wildman–Crippen MR) is 76.5 cm³/mol. The first-order valence-corrected chi connectivity index (χ1v) is 7.35. The minimum atomic E-state index is 0.484. The number of hydrogen-bond donors (Lipinski definition) is 0. The normalized spacial score (nSPS) is 19.9. The summed E-state index contributed by atoms with van der Waals surface area (Å²) in [4.78, 5) is 2.42. The Balaban J connectivity index is 1.63. The molecule has 2 aromatic rings. The van der Waals surface area contributed by atoms with Crippen molar-refractivity contribution in [1.29, 1.82) is 0 Å². The Bertz CT molecular complexity index is 586. The van der Waals surface area contributed by atoms with Crippen LogP contribution < -0.4 is 0 Å². The minimum Gasteiger partial charge on any atom is -0.360 e. The highest BCUT2D eigenvalue weighted by atomic mass is 16.5. The van der Waals surface area contributed by atoms with Gasteiger partial charge in [-0.1, -0.05) is 12.1 Å². The lowest BCUT2D eigenvalue weighted by Gasteiger charge is -2.15. The van der Waals surface area contributed by atoms with Crippen molar-refractivity contribution in [3.05, 3.63) is 35.0 Å². The van der Waals surface area contributed by atoms with Crippen molar-refractivity contribution in [1.82, 2.24) is 19.8 Å². The van der Waals surface area contributed by atoms with E-state index in [0.29, 0.717) is 6.04 Å². The summed E-state index contributed by atoms with van der Waals surface area (Å²) >= 11 is 0. The van der Waals surface area contributed by atoms with Crippen molar-refractivity contribution in [3.63, 3.8) is 0 Å². The van der Waals surface area contributed by atoms with E-state index in [9.17, 15) is 0 Å². The number of nitrogens with zero attached hydrogens (tertiary/aromatic N) is 4. The summed E-state index contributed by atoms with van der Waals surface area (Å²) in [6.45, 7) is 9.25. The van der Waals surface area contributed by atoms with Gasteiger partial charge in [-0.05, 0) is 32.8 Å². The highest BCUT2D eigenvalue weighted by Gasteiger charge is 2.26. The fourth-order valence-corrected chi connectivity index (χ4v) is 2.99. The molecule has 1 saturated heterocycles. The molecule has 1 fully saturated rings. The van der Waals surface area contributed by atoms with Crippen molar-refractivity contribution in [2.75, 3.05) is 13.1 Å². The summed E-state index contributed by atoms with van der Waals surface area (Å²) < 4.78 is 7.55. The summed E-state index contributed by atoms with van der Waals surface area (Å²) in [5.41, 5.74) is 3.39. The first kappa shape index (κ1) is 13.4. The third-order valence-corrected chi connectivity index (χ3v) is 3.99. The molecule has 2 aromatic heterocycles. The van der Waals surface area contributed by atoms with Gasteiger partial charge in [0.25, 0.3) is 0 Å². The van der Waals surface area contributed by atoms with Crippen molar-refractivity contribution >= 4 is 0 Å². The zero-order chi connectivity index (χ0) is 14.1. The Labute approximate surface area is 119 Å². The average molecular weight is 274 g/mol. The van der Waals surface area contributed by atoms with Gasteiger partial charge >= 0.3 is 0 Å². The molecule has 1 atom stereocenters. The number of aromatic nitrogens is 3. The lowest BCUT2D eigenvalue weighted by Crippen LogP contribution is -2.21. The molecule has 3 rings (SSSR count). The molecular formula is C15H22N4O. The van der Waals surface area contributed by atoms with Crippen LogP contribution in [0.1, 0.15) is 42.2 Å². The standard InChI is InChI=1S/C15H22N4O/c1-4-13-8-15(20-17-13)10-18-6-5-14(9-18)19-12(3)7-11(2)16-19/h7-8,14H,4-6,9-10H2,1-3H3/t14-/m0/s1. The van der Waals surface area contributed by atoms with E-state index in [1.165, 1.54) is 5.69 Å². The van der Waals surface area contributed by atoms with E-state index in [1.807, 2.05) is 0 Å². The van der Waals surface area contributed by atoms with Crippen LogP contribution in [0.4, 0.5) is 0 Å². The molecular weight excluding hydrogens is 252 g/mol. The molecule has 1 aliphatic rings. The molecule has 20 heavy (non-hydrogen) atoms. The van der Waals surface area contributed by atoms with Gasteiger partial charge in [0.15, 0.2) is 5.76 Å². The second kappa shape index (κ2) is 5.40. The Morgan fingerprint density at radius 1 is 1.35 bits per heavy atom. The predicted octanol–water partition coefficient (Wildman–Crippen LogP) is 2.50. The Morgan fingerprint density at radius 2 is 2.20 bits per heavy atom. The van der Waals surface area contributed by atoms with Crippen LogP contribution in [0.3, 0.4) is 0 Å². The van der Waals surface area contributed by atoms with Gasteiger partial charge in [-0.3, -0.25) is 9.58 Å². The lowest BCUT2D eigenvalue weighted by atomic mass is 10.2. The van der Waals surface area contributed by atoms with E-state index in [-0.39, 0.29) is 0 Å². The summed E-state index contributed by atoms with van der Waals surface area (Å²) in [6.07, 6.45) is 2.08. The van der Waals surface area contributed by atoms with Crippen LogP contribution in [0.2, 0.25) is 0 Å². The third kappa shape index (κ3) is 2.63. The smallest absolute Gasteiger partial charge is 0.150 e. The van der Waals surface area contributed by atoms with Crippen LogP contribution in [-0.4, -0.2) is 32.9 Å². The molecule has 5 heteroatoms. The Morgan fingerprint density at radius 3 is 2.85 bits per heavy atom. The summed E-state index contributed by atoms with van der Waals surface area (Å²) in [5.74, 6) is 0.968. The van der Waals surface area contributed by atoms with Gasteiger partial charge in [-0.25, -0.2) is 0 Å². The summed E-state index contributed by atoms with van der Waals surface area (Å²) in [6, 6.07) is 4.70. The number of aryl methyl sites for hydroxylation is 3. The maximum atomic E-state index is 5.37. The van der Waals surface area contributed by atoms with Crippen LogP contribution in [0, 0.1) is 13.8 Å². The zero-order valence-corrected chi connectivity index (χ0v) is 12.5. The van der Waals surface area contributed by atoms with E-state index in [4.69, 9.17) is 4.52 Å². The van der Waals surface area contributed by atoms with Gasteiger partial charge in [0.2, 0.25) is 0 Å². The highest BCUT2D eigenvalue weighted by Crippen LogP contribution is 2.24. The first-order valence-electron chi connectivity index (χ1n) is 7.35. The van der Waals surface area contributed by atoms with Crippen LogP contribution in [-0.2, 0) is 13.0 Å². The Hall–Kier alpha value is -1.62. The number of rotatable bonds is 4. The maximum Gasteiger partial charge on any atom is 0.150 e. The van der Waals surface area contributed by atoms with E-state index in [2.05, 4.69) is 52.7 Å². The number of hydrogen-bond acceptors (Lipinski definition) is 4. The van der Waals surface area contributed by atoms with Crippen LogP contribution in [0.5, 0.6) is 0 Å². The summed E-state index contributed by atoms with van der Waals surface area (Å²) in [7, 11) is 0. The SMILES string of the molecule is CCc1cc(CN2CC[C@H](n3nc(C)cc3C)C2)on1. The van der Waals surface area contributed by atoms with Gasteiger partial charge in [0.05, 0.1) is 24.0 Å². The van der Waals surface area contributed by atoms with E-state index >= 15 is 0 Å². The van der Waals surface area contributed by atoms with Crippen LogP contribution in [0.25, 0.3) is 0 Å². The first-order chi connectivity index (χ1) is 9.65. The number of likely N-dealkylation sites (tertiary alicyclic amines) is 1. The molecule has 0 amide bonds. The third-order valence-electron chi connectivity index (χ3n) is 3.99. The van der Waals surface area contributed by atoms with E-state index in [1.54, 1.807) is 0 Å². The molecule has 1 aliphatic heterocycles. The zero-order valence-electron chi connectivity index (χ0n) is 12.5. The molecule has 108 valence electrons. The van der Waals surface area contributed by atoms with Crippen LogP contribution >= 0.6 is 0 Å². The second-order valence-corrected chi connectivity index (χ2v) is 5.69. The van der Waals surface area contributed by atoms with Gasteiger partial charge in [-0.15, -0.1) is 0 Å². The van der Waals surface area contributed by atoms with E-state index in [0.717, 1.165) is 49.6 Å². The largest absolute Gasteiger partial charge is 0.360 e. The molecule has 3 heterocycles. The fraction of sp³-hybridized carbons (Fsp3) is 0.600.